The highest BCUT2D eigenvalue weighted by molar-refractivity contribution is 5.83. The van der Waals surface area contributed by atoms with Crippen LogP contribution in [-0.2, 0) is 11.2 Å². The van der Waals surface area contributed by atoms with Gasteiger partial charge in [-0.05, 0) is 37.5 Å². The Morgan fingerprint density at radius 1 is 1.27 bits per heavy atom. The van der Waals surface area contributed by atoms with Gasteiger partial charge >= 0.3 is 0 Å². The van der Waals surface area contributed by atoms with Crippen molar-refractivity contribution in [3.63, 3.8) is 0 Å². The molecule has 0 aliphatic heterocycles. The number of nitro benzene ring substituents is 1. The van der Waals surface area contributed by atoms with E-state index in [0.29, 0.717) is 23.3 Å². The van der Waals surface area contributed by atoms with Crippen LogP contribution in [0.3, 0.4) is 0 Å². The molecule has 7 nitrogen and oxygen atoms in total. The summed E-state index contributed by atoms with van der Waals surface area (Å²) in [6, 6.07) is 10.6. The third kappa shape index (κ3) is 5.14. The number of carbonyl (C=O) groups excluding carboxylic acids is 1. The van der Waals surface area contributed by atoms with Crippen molar-refractivity contribution < 1.29 is 14.5 Å². The van der Waals surface area contributed by atoms with E-state index in [9.17, 15) is 14.9 Å². The van der Waals surface area contributed by atoms with Crippen molar-refractivity contribution in [2.75, 3.05) is 6.61 Å². The van der Waals surface area contributed by atoms with Gasteiger partial charge in [-0.15, -0.1) is 0 Å². The molecule has 1 amide bonds. The number of ether oxygens (including phenoxy) is 1. The summed E-state index contributed by atoms with van der Waals surface area (Å²) in [6.07, 6.45) is 1.93. The fourth-order valence-corrected chi connectivity index (χ4v) is 2.35. The number of nitrogens with zero attached hydrogens (tertiary/aromatic N) is 2. The third-order valence-corrected chi connectivity index (χ3v) is 3.79. The second kappa shape index (κ2) is 8.75. The number of hydrogen-bond acceptors (Lipinski definition) is 5. The van der Waals surface area contributed by atoms with Crippen molar-refractivity contribution in [1.82, 2.24) is 5.43 Å². The van der Waals surface area contributed by atoms with E-state index in [-0.39, 0.29) is 12.3 Å². The zero-order valence-corrected chi connectivity index (χ0v) is 15.0. The molecule has 2 aromatic rings. The van der Waals surface area contributed by atoms with Crippen LogP contribution in [0, 0.1) is 24.0 Å². The van der Waals surface area contributed by atoms with Crippen LogP contribution in [0.2, 0.25) is 0 Å². The monoisotopic (exact) mass is 355 g/mol. The molecule has 0 fully saturated rings. The van der Waals surface area contributed by atoms with Gasteiger partial charge in [0.05, 0.1) is 11.1 Å². The molecule has 1 N–H and O–H groups in total. The third-order valence-electron chi connectivity index (χ3n) is 3.79. The highest BCUT2D eigenvalue weighted by Crippen LogP contribution is 2.20. The summed E-state index contributed by atoms with van der Waals surface area (Å²) in [7, 11) is 0. The van der Waals surface area contributed by atoms with E-state index in [0.717, 1.165) is 11.1 Å². The van der Waals surface area contributed by atoms with E-state index in [1.165, 1.54) is 12.3 Å². The molecule has 0 spiro atoms. The van der Waals surface area contributed by atoms with E-state index >= 15 is 0 Å². The first-order chi connectivity index (χ1) is 12.4. The summed E-state index contributed by atoms with van der Waals surface area (Å²) in [6.45, 7) is 5.53. The molecule has 7 heteroatoms. The zero-order chi connectivity index (χ0) is 19.1. The Bertz CT molecular complexity index is 847. The maximum atomic E-state index is 11.8. The summed E-state index contributed by atoms with van der Waals surface area (Å²) in [4.78, 5) is 22.5. The molecular formula is C19H21N3O4. The molecule has 0 atom stereocenters. The van der Waals surface area contributed by atoms with Crippen molar-refractivity contribution in [2.45, 2.75) is 27.2 Å². The molecule has 0 aromatic heterocycles. The van der Waals surface area contributed by atoms with Gasteiger partial charge in [-0.2, -0.15) is 5.10 Å². The van der Waals surface area contributed by atoms with E-state index < -0.39 is 10.8 Å². The Morgan fingerprint density at radius 2 is 2.04 bits per heavy atom. The molecule has 0 unspecified atom stereocenters. The van der Waals surface area contributed by atoms with E-state index in [2.05, 4.69) is 10.5 Å². The molecule has 0 saturated carbocycles. The van der Waals surface area contributed by atoms with Crippen LogP contribution in [0.4, 0.5) is 5.69 Å². The number of amides is 1. The van der Waals surface area contributed by atoms with Gasteiger partial charge in [0.25, 0.3) is 11.6 Å². The standard InChI is InChI=1S/C19H21N3O4/c1-4-16-8-7-15(10-17(16)22(24)25)11-20-21-19(23)12-26-18-9-13(2)5-6-14(18)3/h5-11H,4,12H2,1-3H3,(H,21,23)/b20-11-. The number of carbonyl (C=O) groups is 1. The minimum Gasteiger partial charge on any atom is -0.483 e. The maximum absolute atomic E-state index is 11.8. The number of benzene rings is 2. The zero-order valence-electron chi connectivity index (χ0n) is 15.0. The van der Waals surface area contributed by atoms with E-state index in [4.69, 9.17) is 4.74 Å². The first-order valence-corrected chi connectivity index (χ1v) is 8.20. The first-order valence-electron chi connectivity index (χ1n) is 8.20. The molecule has 0 saturated heterocycles. The summed E-state index contributed by atoms with van der Waals surface area (Å²) < 4.78 is 5.49. The molecular weight excluding hydrogens is 334 g/mol. The fourth-order valence-electron chi connectivity index (χ4n) is 2.35. The largest absolute Gasteiger partial charge is 0.483 e. The lowest BCUT2D eigenvalue weighted by Crippen LogP contribution is -2.24. The first kappa shape index (κ1) is 19.1. The minimum absolute atomic E-state index is 0.0426. The Morgan fingerprint density at radius 3 is 2.73 bits per heavy atom. The van der Waals surface area contributed by atoms with Crippen LogP contribution in [0.15, 0.2) is 41.5 Å². The predicted molar refractivity (Wildman–Crippen MR) is 99.6 cm³/mol. The van der Waals surface area contributed by atoms with Gasteiger partial charge in [0.15, 0.2) is 6.61 Å². The lowest BCUT2D eigenvalue weighted by atomic mass is 10.1. The van der Waals surface area contributed by atoms with Crippen molar-refractivity contribution in [1.29, 1.82) is 0 Å². The topological polar surface area (TPSA) is 93.8 Å². The van der Waals surface area contributed by atoms with Crippen LogP contribution in [-0.4, -0.2) is 23.7 Å². The molecule has 0 bridgehead atoms. The van der Waals surface area contributed by atoms with Gasteiger partial charge in [0.2, 0.25) is 0 Å². The van der Waals surface area contributed by atoms with Crippen LogP contribution < -0.4 is 10.2 Å². The van der Waals surface area contributed by atoms with Gasteiger partial charge in [0.1, 0.15) is 5.75 Å². The van der Waals surface area contributed by atoms with Gasteiger partial charge in [-0.25, -0.2) is 5.43 Å². The second-order valence-corrected chi connectivity index (χ2v) is 5.85. The highest BCUT2D eigenvalue weighted by atomic mass is 16.6. The lowest BCUT2D eigenvalue weighted by Gasteiger charge is -2.08. The number of aryl methyl sites for hydroxylation is 3. The summed E-state index contributed by atoms with van der Waals surface area (Å²) in [5, 5.41) is 14.9. The molecule has 0 heterocycles. The van der Waals surface area contributed by atoms with E-state index in [1.807, 2.05) is 39.0 Å². The Kier molecular flexibility index (Phi) is 6.43. The smallest absolute Gasteiger partial charge is 0.277 e. The summed E-state index contributed by atoms with van der Waals surface area (Å²) >= 11 is 0. The van der Waals surface area contributed by atoms with Crippen molar-refractivity contribution in [3.05, 3.63) is 68.8 Å². The number of nitro groups is 1. The van der Waals surface area contributed by atoms with Gasteiger partial charge in [-0.3, -0.25) is 14.9 Å². The van der Waals surface area contributed by atoms with Crippen LogP contribution in [0.25, 0.3) is 0 Å². The molecule has 136 valence electrons. The van der Waals surface area contributed by atoms with Gasteiger partial charge in [0, 0.05) is 17.2 Å². The molecule has 0 aliphatic carbocycles. The second-order valence-electron chi connectivity index (χ2n) is 5.85. The average molecular weight is 355 g/mol. The molecule has 26 heavy (non-hydrogen) atoms. The Labute approximate surface area is 151 Å². The van der Waals surface area contributed by atoms with Crippen LogP contribution in [0.5, 0.6) is 5.75 Å². The number of hydrazone groups is 1. The summed E-state index contributed by atoms with van der Waals surface area (Å²) in [5.74, 6) is 0.233. The number of hydrogen-bond donors (Lipinski definition) is 1. The SMILES string of the molecule is CCc1ccc(/C=N\NC(=O)COc2cc(C)ccc2C)cc1[N+](=O)[O-]. The molecule has 2 aromatic carbocycles. The van der Waals surface area contributed by atoms with Crippen molar-refractivity contribution in [2.24, 2.45) is 5.10 Å². The Hall–Kier alpha value is -3.22. The van der Waals surface area contributed by atoms with Crippen molar-refractivity contribution >= 4 is 17.8 Å². The van der Waals surface area contributed by atoms with Crippen LogP contribution in [0.1, 0.15) is 29.2 Å². The lowest BCUT2D eigenvalue weighted by molar-refractivity contribution is -0.385. The van der Waals surface area contributed by atoms with Gasteiger partial charge < -0.3 is 4.74 Å². The maximum Gasteiger partial charge on any atom is 0.277 e. The quantitative estimate of drug-likeness (QED) is 0.468. The predicted octanol–water partition coefficient (Wildman–Crippen LogP) is 3.30. The van der Waals surface area contributed by atoms with Gasteiger partial charge in [-0.1, -0.05) is 31.2 Å². The average Bonchev–Trinajstić information content (AvgIpc) is 2.62. The Balaban J connectivity index is 1.93. The fraction of sp³-hybridized carbons (Fsp3) is 0.263. The summed E-state index contributed by atoms with van der Waals surface area (Å²) in [5.41, 5.74) is 5.56. The number of rotatable bonds is 7. The normalized spacial score (nSPS) is 10.7. The van der Waals surface area contributed by atoms with Crippen LogP contribution >= 0.6 is 0 Å². The minimum atomic E-state index is -0.424. The molecule has 2 rings (SSSR count). The highest BCUT2D eigenvalue weighted by Gasteiger charge is 2.12. The molecule has 0 radical (unpaired) electrons. The molecule has 0 aliphatic rings. The number of nitrogens with one attached hydrogen (secondary N) is 1. The van der Waals surface area contributed by atoms with Crippen molar-refractivity contribution in [3.8, 4) is 5.75 Å². The van der Waals surface area contributed by atoms with E-state index in [1.54, 1.807) is 12.1 Å².